The topological polar surface area (TPSA) is 170 Å². The number of anilines is 1. The number of hydrogen-bond acceptors (Lipinski definition) is 8. The lowest BCUT2D eigenvalue weighted by Crippen LogP contribution is -2.28. The van der Waals surface area contributed by atoms with Gasteiger partial charge in [-0.25, -0.2) is 0 Å². The molecule has 1 amide bonds. The maximum atomic E-state index is 13.0. The molecule has 3 aliphatic rings. The van der Waals surface area contributed by atoms with Gasteiger partial charge in [0.15, 0.2) is 5.71 Å². The van der Waals surface area contributed by atoms with Gasteiger partial charge in [0.1, 0.15) is 6.54 Å². The van der Waals surface area contributed by atoms with Gasteiger partial charge in [-0.05, 0) is 125 Å². The molecule has 0 aromatic heterocycles. The maximum Gasteiger partial charge on any atom is 0.264 e. The third-order valence-electron chi connectivity index (χ3n) is 12.5. The first-order chi connectivity index (χ1) is 30.4. The molecule has 0 spiro atoms. The average molecular weight is 930 g/mol. The van der Waals surface area contributed by atoms with Crippen molar-refractivity contribution in [2.24, 2.45) is 5.73 Å². The molecular formula is C50H65N4O7S3+. The number of nitrogens with one attached hydrogen (secondary N) is 1. The first-order valence-electron chi connectivity index (χ1n) is 22.5. The lowest BCUT2D eigenvalue weighted by Gasteiger charge is -2.27. The Morgan fingerprint density at radius 3 is 2.16 bits per heavy atom. The van der Waals surface area contributed by atoms with Crippen molar-refractivity contribution in [1.82, 2.24) is 5.32 Å². The van der Waals surface area contributed by atoms with Gasteiger partial charge >= 0.3 is 0 Å². The number of thioether (sulfide) groups is 1. The van der Waals surface area contributed by atoms with E-state index in [0.29, 0.717) is 57.4 Å². The van der Waals surface area contributed by atoms with E-state index < -0.39 is 20.2 Å². The van der Waals surface area contributed by atoms with Crippen LogP contribution in [0.2, 0.25) is 0 Å². The number of para-hydroxylation sites is 2. The molecule has 0 radical (unpaired) electrons. The average Bonchev–Trinajstić information content (AvgIpc) is 3.60. The van der Waals surface area contributed by atoms with Crippen LogP contribution in [0.1, 0.15) is 113 Å². The second-order valence-electron chi connectivity index (χ2n) is 18.0. The fourth-order valence-electron chi connectivity index (χ4n) is 9.13. The monoisotopic (exact) mass is 929 g/mol. The number of carbonyl (C=O) groups is 1. The largest absolute Gasteiger partial charge is 0.352 e. The number of rotatable bonds is 21. The van der Waals surface area contributed by atoms with Crippen LogP contribution in [0.5, 0.6) is 0 Å². The van der Waals surface area contributed by atoms with Crippen LogP contribution in [0, 0.1) is 0 Å². The Bertz CT molecular complexity index is 2560. The highest BCUT2D eigenvalue weighted by atomic mass is 32.2. The summed E-state index contributed by atoms with van der Waals surface area (Å²) in [6.07, 6.45) is 16.3. The molecular weight excluding hydrogens is 865 g/mol. The Hall–Kier alpha value is -4.31. The fraction of sp³-hybridized carbons (Fsp3) is 0.440. The molecule has 344 valence electrons. The lowest BCUT2D eigenvalue weighted by molar-refractivity contribution is -0.438. The van der Waals surface area contributed by atoms with Crippen molar-refractivity contribution in [3.8, 4) is 0 Å². The van der Waals surface area contributed by atoms with Crippen LogP contribution in [-0.4, -0.2) is 79.8 Å². The van der Waals surface area contributed by atoms with Crippen LogP contribution < -0.4 is 16.0 Å². The zero-order valence-corrected chi connectivity index (χ0v) is 40.1. The van der Waals surface area contributed by atoms with Crippen molar-refractivity contribution >= 4 is 55.0 Å². The van der Waals surface area contributed by atoms with Crippen LogP contribution in [0.25, 0.3) is 0 Å². The molecule has 0 saturated heterocycles. The highest BCUT2D eigenvalue weighted by molar-refractivity contribution is 8.03. The first-order valence-corrected chi connectivity index (χ1v) is 26.5. The highest BCUT2D eigenvalue weighted by Crippen LogP contribution is 2.49. The van der Waals surface area contributed by atoms with E-state index in [-0.39, 0.29) is 28.2 Å². The van der Waals surface area contributed by atoms with Crippen molar-refractivity contribution in [1.29, 1.82) is 0 Å². The molecule has 0 saturated carbocycles. The number of benzene rings is 3. The Labute approximate surface area is 385 Å². The third kappa shape index (κ3) is 12.3. The minimum absolute atomic E-state index is 0.0977. The Kier molecular flexibility index (Phi) is 16.4. The molecule has 2 aliphatic heterocycles. The van der Waals surface area contributed by atoms with Crippen molar-refractivity contribution in [3.63, 3.8) is 0 Å². The molecule has 0 fully saturated rings. The van der Waals surface area contributed by atoms with Gasteiger partial charge in [-0.3, -0.25) is 13.9 Å². The van der Waals surface area contributed by atoms with Crippen molar-refractivity contribution < 1.29 is 35.3 Å². The normalized spacial score (nSPS) is 18.4. The molecule has 0 unspecified atom stereocenters. The van der Waals surface area contributed by atoms with E-state index in [9.17, 15) is 30.7 Å². The number of amides is 1. The zero-order valence-electron chi connectivity index (χ0n) is 37.7. The number of fused-ring (bicyclic) bond motifs is 2. The number of allylic oxidation sites excluding steroid dienone is 7. The molecule has 11 nitrogen and oxygen atoms in total. The van der Waals surface area contributed by atoms with Gasteiger partial charge in [-0.1, -0.05) is 80.6 Å². The Balaban J connectivity index is 1.38. The molecule has 6 rings (SSSR count). The van der Waals surface area contributed by atoms with E-state index in [4.69, 9.17) is 5.73 Å². The standard InChI is InChI=1S/C50H64N4O7S3/c1-49(2)41-19-6-8-21-43(41)53(33-12-14-35-63(56,57)58)45(49)29-25-37-17-16-18-38(47(37)62-40-27-23-39(24-28-40)48(55)52-32-11-5-10-31-51)26-30-46-50(3,4)42-20-7-9-22-44(42)54(46)34-13-15-36-64(59,60)61/h6-9,19-30H,5,10-18,31-36,51H2,1-4H3,(H2-,52,55,56,57,58,59,60,61)/p+1. The van der Waals surface area contributed by atoms with Gasteiger partial charge in [-0.2, -0.15) is 21.4 Å². The summed E-state index contributed by atoms with van der Waals surface area (Å²) in [5.41, 5.74) is 14.8. The molecule has 2 heterocycles. The smallest absolute Gasteiger partial charge is 0.264 e. The quantitative estimate of drug-likeness (QED) is 0.0458. The number of unbranched alkanes of at least 4 members (excludes halogenated alkanes) is 4. The summed E-state index contributed by atoms with van der Waals surface area (Å²) in [5.74, 6) is -0.642. The van der Waals surface area contributed by atoms with Gasteiger partial charge in [0.25, 0.3) is 26.1 Å². The summed E-state index contributed by atoms with van der Waals surface area (Å²) < 4.78 is 67.2. The summed E-state index contributed by atoms with van der Waals surface area (Å²) in [7, 11) is -8.10. The summed E-state index contributed by atoms with van der Waals surface area (Å²) in [5, 5.41) is 3.03. The second kappa shape index (κ2) is 21.3. The Morgan fingerprint density at radius 1 is 0.781 bits per heavy atom. The molecule has 5 N–H and O–H groups in total. The van der Waals surface area contributed by atoms with E-state index in [1.54, 1.807) is 11.8 Å². The van der Waals surface area contributed by atoms with Crippen molar-refractivity contribution in [3.05, 3.63) is 136 Å². The first kappa shape index (κ1) is 49.1. The summed E-state index contributed by atoms with van der Waals surface area (Å²) in [6.45, 7) is 11.3. The van der Waals surface area contributed by atoms with E-state index in [1.165, 1.54) is 22.3 Å². The van der Waals surface area contributed by atoms with Crippen LogP contribution >= 0.6 is 11.8 Å². The van der Waals surface area contributed by atoms with Gasteiger partial charge < -0.3 is 16.0 Å². The second-order valence-corrected chi connectivity index (χ2v) is 22.2. The van der Waals surface area contributed by atoms with Gasteiger partial charge in [0.05, 0.1) is 16.9 Å². The predicted molar refractivity (Wildman–Crippen MR) is 261 cm³/mol. The summed E-state index contributed by atoms with van der Waals surface area (Å²) in [4.78, 5) is 17.5. The van der Waals surface area contributed by atoms with Gasteiger partial charge in [-0.15, -0.1) is 0 Å². The SMILES string of the molecule is CC1(C)C(/C=C/C2=C(Sc3ccc(C(=O)NCCCCCN)cc3)C(=C/C=C3/N(CCCCS(=O)(=O)O)c4ccccc4C3(C)C)/CCC2)=[N+](CCCCS(=O)(=O)O)c2ccccc21. The Morgan fingerprint density at radius 2 is 1.45 bits per heavy atom. The lowest BCUT2D eigenvalue weighted by atomic mass is 9.81. The number of hydrogen-bond donors (Lipinski definition) is 4. The van der Waals surface area contributed by atoms with Crippen molar-refractivity contribution in [2.45, 2.75) is 108 Å². The van der Waals surface area contributed by atoms with E-state index >= 15 is 0 Å². The van der Waals surface area contributed by atoms with E-state index in [1.807, 2.05) is 36.4 Å². The highest BCUT2D eigenvalue weighted by Gasteiger charge is 2.44. The fourth-order valence-corrected chi connectivity index (χ4v) is 11.4. The number of nitrogens with two attached hydrogens (primary N) is 1. The van der Waals surface area contributed by atoms with Crippen LogP contribution in [0.3, 0.4) is 0 Å². The third-order valence-corrected chi connectivity index (χ3v) is 15.4. The van der Waals surface area contributed by atoms with E-state index in [0.717, 1.165) is 71.1 Å². The minimum atomic E-state index is -4.05. The molecule has 1 aliphatic carbocycles. The maximum absolute atomic E-state index is 13.0. The number of carbonyl (C=O) groups excluding carboxylic acids is 1. The van der Waals surface area contributed by atoms with Crippen molar-refractivity contribution in [2.75, 3.05) is 42.6 Å². The van der Waals surface area contributed by atoms with Crippen LogP contribution in [0.4, 0.5) is 11.4 Å². The van der Waals surface area contributed by atoms with Crippen LogP contribution in [0.15, 0.2) is 124 Å². The molecule has 3 aromatic rings. The summed E-state index contributed by atoms with van der Waals surface area (Å²) >= 11 is 1.70. The predicted octanol–water partition coefficient (Wildman–Crippen LogP) is 9.65. The number of nitrogens with zero attached hydrogens (tertiary/aromatic N) is 2. The molecule has 3 aromatic carbocycles. The van der Waals surface area contributed by atoms with Gasteiger partial charge in [0, 0.05) is 69.4 Å². The van der Waals surface area contributed by atoms with E-state index in [2.05, 4.69) is 103 Å². The summed E-state index contributed by atoms with van der Waals surface area (Å²) in [6, 6.07) is 24.5. The molecule has 14 heteroatoms. The van der Waals surface area contributed by atoms with Gasteiger partial charge in [0.2, 0.25) is 5.69 Å². The minimum Gasteiger partial charge on any atom is -0.352 e. The zero-order chi connectivity index (χ0) is 46.1. The molecule has 0 bridgehead atoms. The molecule has 0 atom stereocenters. The molecule has 64 heavy (non-hydrogen) atoms. The van der Waals surface area contributed by atoms with Crippen LogP contribution in [-0.2, 0) is 31.1 Å².